The van der Waals surface area contributed by atoms with Gasteiger partial charge < -0.3 is 16.4 Å². The number of amides is 1. The number of nitrogens with one attached hydrogen (secondary N) is 2. The van der Waals surface area contributed by atoms with Crippen molar-refractivity contribution in [1.82, 2.24) is 30.0 Å². The zero-order valence-corrected chi connectivity index (χ0v) is 21.9. The number of aromatic nitrogens is 5. The Balaban J connectivity index is 1.40. The van der Waals surface area contributed by atoms with Crippen LogP contribution in [0.1, 0.15) is 53.0 Å². The van der Waals surface area contributed by atoms with Crippen molar-refractivity contribution in [2.24, 2.45) is 5.73 Å². The number of hydrogen-bond donors (Lipinski definition) is 3. The largest absolute Gasteiger partial charge is 0.347 e. The van der Waals surface area contributed by atoms with Crippen LogP contribution in [0.2, 0.25) is 0 Å². The van der Waals surface area contributed by atoms with Crippen LogP contribution in [0.4, 0.5) is 11.6 Å². The van der Waals surface area contributed by atoms with Gasteiger partial charge in [0, 0.05) is 36.5 Å². The van der Waals surface area contributed by atoms with Crippen molar-refractivity contribution in [2.75, 3.05) is 11.9 Å². The fourth-order valence-corrected chi connectivity index (χ4v) is 4.44. The maximum absolute atomic E-state index is 12.6. The highest BCUT2D eigenvalue weighted by atomic mass is 32.1. The van der Waals surface area contributed by atoms with Gasteiger partial charge >= 0.3 is 0 Å². The molecule has 10 heteroatoms. The number of thiazole rings is 1. The van der Waals surface area contributed by atoms with E-state index < -0.39 is 0 Å². The Morgan fingerprint density at radius 2 is 2.00 bits per heavy atom. The highest BCUT2D eigenvalue weighted by Crippen LogP contribution is 2.27. The first-order valence-electron chi connectivity index (χ1n) is 11.9. The summed E-state index contributed by atoms with van der Waals surface area (Å²) >= 11 is 1.44. The lowest BCUT2D eigenvalue weighted by Gasteiger charge is -2.13. The summed E-state index contributed by atoms with van der Waals surface area (Å²) in [6.45, 7) is 10.1. The smallest absolute Gasteiger partial charge is 0.263 e. The van der Waals surface area contributed by atoms with Gasteiger partial charge in [-0.25, -0.2) is 15.0 Å². The first kappa shape index (κ1) is 25.5. The number of nitrogens with zero attached hydrogens (tertiary/aromatic N) is 5. The molecular weight excluding hydrogens is 472 g/mol. The number of benzene rings is 1. The second kappa shape index (κ2) is 11.0. The molecule has 188 valence electrons. The molecule has 0 aliphatic carbocycles. The van der Waals surface area contributed by atoms with Gasteiger partial charge in [0.05, 0.1) is 28.8 Å². The molecule has 9 nitrogen and oxygen atoms in total. The Kier molecular flexibility index (Phi) is 7.76. The summed E-state index contributed by atoms with van der Waals surface area (Å²) in [5.74, 6) is 0.392. The molecule has 0 spiro atoms. The second-order valence-corrected chi connectivity index (χ2v) is 10.7. The molecule has 4 aromatic rings. The molecule has 0 saturated carbocycles. The first-order valence-corrected chi connectivity index (χ1v) is 12.7. The molecule has 0 fully saturated rings. The molecule has 0 bridgehead atoms. The average molecular weight is 505 g/mol. The van der Waals surface area contributed by atoms with Gasteiger partial charge in [-0.3, -0.25) is 9.48 Å². The summed E-state index contributed by atoms with van der Waals surface area (Å²) in [5.41, 5.74) is 10.2. The molecule has 0 atom stereocenters. The SMILES string of the molecule is Cc1cc(-c2ccnc(Nc3cnn(CCCN)c3)n2)ccc1CNC(=O)c1cnc(C(C)(C)C)s1. The Labute approximate surface area is 215 Å². The van der Waals surface area contributed by atoms with Crippen LogP contribution < -0.4 is 16.4 Å². The second-order valence-electron chi connectivity index (χ2n) is 9.63. The van der Waals surface area contributed by atoms with Crippen molar-refractivity contribution in [3.63, 3.8) is 0 Å². The molecule has 4 N–H and O–H groups in total. The van der Waals surface area contributed by atoms with Gasteiger partial charge in [-0.1, -0.05) is 32.9 Å². The van der Waals surface area contributed by atoms with Crippen LogP contribution >= 0.6 is 11.3 Å². The van der Waals surface area contributed by atoms with Crippen molar-refractivity contribution in [3.8, 4) is 11.3 Å². The number of hydrogen-bond acceptors (Lipinski definition) is 8. The van der Waals surface area contributed by atoms with Gasteiger partial charge in [0.2, 0.25) is 5.95 Å². The van der Waals surface area contributed by atoms with Gasteiger partial charge in [-0.15, -0.1) is 11.3 Å². The lowest BCUT2D eigenvalue weighted by atomic mass is 9.98. The molecule has 3 heterocycles. The van der Waals surface area contributed by atoms with E-state index in [1.165, 1.54) is 11.3 Å². The van der Waals surface area contributed by atoms with E-state index in [1.54, 1.807) is 18.6 Å². The van der Waals surface area contributed by atoms with Crippen LogP contribution in [-0.4, -0.2) is 37.2 Å². The van der Waals surface area contributed by atoms with E-state index >= 15 is 0 Å². The monoisotopic (exact) mass is 504 g/mol. The van der Waals surface area contributed by atoms with E-state index in [-0.39, 0.29) is 11.3 Å². The summed E-state index contributed by atoms with van der Waals surface area (Å²) < 4.78 is 1.85. The Bertz CT molecular complexity index is 1340. The number of carbonyl (C=O) groups is 1. The minimum Gasteiger partial charge on any atom is -0.347 e. The zero-order chi connectivity index (χ0) is 25.7. The summed E-state index contributed by atoms with van der Waals surface area (Å²) in [5, 5.41) is 11.5. The quantitative estimate of drug-likeness (QED) is 0.308. The van der Waals surface area contributed by atoms with Crippen LogP contribution in [0.25, 0.3) is 11.3 Å². The Morgan fingerprint density at radius 1 is 1.17 bits per heavy atom. The van der Waals surface area contributed by atoms with E-state index in [9.17, 15) is 4.79 Å². The van der Waals surface area contributed by atoms with Crippen LogP contribution in [-0.2, 0) is 18.5 Å². The summed E-state index contributed by atoms with van der Waals surface area (Å²) in [4.78, 5) is 26.6. The third-order valence-corrected chi connectivity index (χ3v) is 7.01. The molecular formula is C26H32N8OS. The van der Waals surface area contributed by atoms with Crippen molar-refractivity contribution in [1.29, 1.82) is 0 Å². The van der Waals surface area contributed by atoms with Gasteiger partial charge in [-0.05, 0) is 43.1 Å². The summed E-state index contributed by atoms with van der Waals surface area (Å²) in [6.07, 6.45) is 7.91. The molecule has 4 rings (SSSR count). The normalized spacial score (nSPS) is 11.5. The molecule has 1 amide bonds. The highest BCUT2D eigenvalue weighted by molar-refractivity contribution is 7.13. The molecule has 36 heavy (non-hydrogen) atoms. The minimum atomic E-state index is -0.107. The van der Waals surface area contributed by atoms with Gasteiger partial charge in [0.25, 0.3) is 5.91 Å². The number of aryl methyl sites for hydroxylation is 2. The average Bonchev–Trinajstić information content (AvgIpc) is 3.52. The maximum Gasteiger partial charge on any atom is 0.263 e. The van der Waals surface area contributed by atoms with E-state index in [1.807, 2.05) is 36.0 Å². The predicted molar refractivity (Wildman–Crippen MR) is 143 cm³/mol. The predicted octanol–water partition coefficient (Wildman–Crippen LogP) is 4.42. The summed E-state index contributed by atoms with van der Waals surface area (Å²) in [7, 11) is 0. The third-order valence-electron chi connectivity index (χ3n) is 5.59. The minimum absolute atomic E-state index is 0.0710. The van der Waals surface area contributed by atoms with E-state index in [0.29, 0.717) is 23.9 Å². The van der Waals surface area contributed by atoms with Crippen LogP contribution in [0.3, 0.4) is 0 Å². The van der Waals surface area contributed by atoms with Crippen molar-refractivity contribution < 1.29 is 4.79 Å². The number of anilines is 2. The topological polar surface area (TPSA) is 124 Å². The fraction of sp³-hybridized carbons (Fsp3) is 0.346. The summed E-state index contributed by atoms with van der Waals surface area (Å²) in [6, 6.07) is 7.98. The Hall–Kier alpha value is -3.63. The number of nitrogens with two attached hydrogens (primary N) is 1. The molecule has 0 radical (unpaired) electrons. The number of rotatable bonds is 9. The molecule has 0 aliphatic heterocycles. The molecule has 0 unspecified atom stereocenters. The zero-order valence-electron chi connectivity index (χ0n) is 21.1. The first-order chi connectivity index (χ1) is 17.2. The third kappa shape index (κ3) is 6.32. The van der Waals surface area contributed by atoms with Crippen LogP contribution in [0, 0.1) is 6.92 Å². The molecule has 1 aromatic carbocycles. The van der Waals surface area contributed by atoms with Crippen molar-refractivity contribution in [2.45, 2.75) is 52.6 Å². The Morgan fingerprint density at radius 3 is 2.72 bits per heavy atom. The number of carbonyl (C=O) groups excluding carboxylic acids is 1. The lowest BCUT2D eigenvalue weighted by molar-refractivity contribution is 0.0954. The van der Waals surface area contributed by atoms with E-state index in [0.717, 1.165) is 46.0 Å². The van der Waals surface area contributed by atoms with E-state index in [4.69, 9.17) is 5.73 Å². The lowest BCUT2D eigenvalue weighted by Crippen LogP contribution is -2.22. The van der Waals surface area contributed by atoms with Crippen molar-refractivity contribution >= 4 is 28.9 Å². The van der Waals surface area contributed by atoms with E-state index in [2.05, 4.69) is 57.5 Å². The van der Waals surface area contributed by atoms with Gasteiger partial charge in [-0.2, -0.15) is 5.10 Å². The van der Waals surface area contributed by atoms with Gasteiger partial charge in [0.1, 0.15) is 4.88 Å². The van der Waals surface area contributed by atoms with Crippen LogP contribution in [0.15, 0.2) is 49.1 Å². The van der Waals surface area contributed by atoms with Gasteiger partial charge in [0.15, 0.2) is 0 Å². The van der Waals surface area contributed by atoms with Crippen molar-refractivity contribution in [3.05, 3.63) is 70.1 Å². The standard InChI is InChI=1S/C26H32N8OS/c1-17-12-18(6-7-19(17)13-29-23(35)22-15-30-24(36-22)26(2,3)4)21-8-10-28-25(33-21)32-20-14-31-34(16-20)11-5-9-27/h6-8,10,12,14-16H,5,9,11,13,27H2,1-4H3,(H,29,35)(H,28,32,33). The molecule has 0 saturated heterocycles. The maximum atomic E-state index is 12.6. The molecule has 3 aromatic heterocycles. The highest BCUT2D eigenvalue weighted by Gasteiger charge is 2.20. The molecule has 0 aliphatic rings. The fourth-order valence-electron chi connectivity index (χ4n) is 3.55. The van der Waals surface area contributed by atoms with Crippen LogP contribution in [0.5, 0.6) is 0 Å².